The van der Waals surface area contributed by atoms with E-state index in [-0.39, 0.29) is 23.9 Å². The molecule has 0 unspecified atom stereocenters. The normalized spacial score (nSPS) is 10.8. The third-order valence-electron chi connectivity index (χ3n) is 5.08. The summed E-state index contributed by atoms with van der Waals surface area (Å²) >= 11 is 0. The van der Waals surface area contributed by atoms with Crippen LogP contribution in [0.15, 0.2) is 42.5 Å². The van der Waals surface area contributed by atoms with Gasteiger partial charge >= 0.3 is 0 Å². The van der Waals surface area contributed by atoms with Crippen LogP contribution in [0, 0.1) is 25.5 Å². The lowest BCUT2D eigenvalue weighted by Gasteiger charge is -2.15. The number of benzene rings is 2. The van der Waals surface area contributed by atoms with E-state index < -0.39 is 11.6 Å². The number of anilines is 1. The first kappa shape index (κ1) is 22.1. The molecule has 0 aliphatic rings. The molecule has 0 spiro atoms. The van der Waals surface area contributed by atoms with Crippen LogP contribution in [0.1, 0.15) is 29.4 Å². The standard InChI is InChI=1S/C23H24F2N4O2/c1-14-20(15(2)29(27-14)22-9-8-18(24)11-21(22)25)12-23(31)26-19-7-5-6-17(10-19)13-28(4)16(3)30/h5-11H,12-13H2,1-4H3,(H,26,31). The van der Waals surface area contributed by atoms with Crippen molar-refractivity contribution in [2.75, 3.05) is 12.4 Å². The molecule has 0 fully saturated rings. The molecular weight excluding hydrogens is 402 g/mol. The monoisotopic (exact) mass is 426 g/mol. The first-order chi connectivity index (χ1) is 14.7. The van der Waals surface area contributed by atoms with E-state index in [0.29, 0.717) is 29.2 Å². The lowest BCUT2D eigenvalue weighted by atomic mass is 10.1. The molecule has 0 aliphatic heterocycles. The highest BCUT2D eigenvalue weighted by Crippen LogP contribution is 2.22. The van der Waals surface area contributed by atoms with Crippen LogP contribution in [0.2, 0.25) is 0 Å². The maximum atomic E-state index is 14.2. The average Bonchev–Trinajstić information content (AvgIpc) is 2.96. The van der Waals surface area contributed by atoms with Crippen molar-refractivity contribution in [2.24, 2.45) is 0 Å². The van der Waals surface area contributed by atoms with Crippen LogP contribution in [0.3, 0.4) is 0 Å². The zero-order valence-corrected chi connectivity index (χ0v) is 17.9. The van der Waals surface area contributed by atoms with Crippen molar-refractivity contribution in [1.29, 1.82) is 0 Å². The van der Waals surface area contributed by atoms with Gasteiger partial charge in [-0.1, -0.05) is 12.1 Å². The van der Waals surface area contributed by atoms with Crippen molar-refractivity contribution >= 4 is 17.5 Å². The Bertz CT molecular complexity index is 1140. The molecule has 6 nitrogen and oxygen atoms in total. The number of amides is 2. The first-order valence-electron chi connectivity index (χ1n) is 9.76. The highest BCUT2D eigenvalue weighted by Gasteiger charge is 2.18. The van der Waals surface area contributed by atoms with Gasteiger partial charge in [-0.15, -0.1) is 0 Å². The zero-order chi connectivity index (χ0) is 22.7. The Kier molecular flexibility index (Phi) is 6.48. The number of rotatable bonds is 6. The van der Waals surface area contributed by atoms with E-state index in [9.17, 15) is 18.4 Å². The van der Waals surface area contributed by atoms with Gasteiger partial charge in [-0.05, 0) is 43.7 Å². The SMILES string of the molecule is CC(=O)N(C)Cc1cccc(NC(=O)Cc2c(C)nn(-c3ccc(F)cc3F)c2C)c1. The second-order valence-electron chi connectivity index (χ2n) is 7.46. The largest absolute Gasteiger partial charge is 0.342 e. The van der Waals surface area contributed by atoms with Gasteiger partial charge in [0.15, 0.2) is 5.82 Å². The minimum absolute atomic E-state index is 0.0463. The summed E-state index contributed by atoms with van der Waals surface area (Å²) in [6.45, 7) is 5.41. The number of aromatic nitrogens is 2. The number of carbonyl (C=O) groups excluding carboxylic acids is 2. The van der Waals surface area contributed by atoms with Gasteiger partial charge in [-0.25, -0.2) is 13.5 Å². The molecule has 0 aliphatic carbocycles. The second-order valence-corrected chi connectivity index (χ2v) is 7.46. The summed E-state index contributed by atoms with van der Waals surface area (Å²) in [5.41, 5.74) is 3.50. The van der Waals surface area contributed by atoms with Gasteiger partial charge in [-0.2, -0.15) is 5.10 Å². The van der Waals surface area contributed by atoms with Crippen LogP contribution in [0.25, 0.3) is 5.69 Å². The van der Waals surface area contributed by atoms with Crippen LogP contribution in [0.5, 0.6) is 0 Å². The lowest BCUT2D eigenvalue weighted by Crippen LogP contribution is -2.23. The van der Waals surface area contributed by atoms with E-state index >= 15 is 0 Å². The Hall–Kier alpha value is -3.55. The molecule has 8 heteroatoms. The van der Waals surface area contributed by atoms with Crippen LogP contribution in [0.4, 0.5) is 14.5 Å². The number of hydrogen-bond donors (Lipinski definition) is 1. The Morgan fingerprint density at radius 2 is 1.87 bits per heavy atom. The maximum Gasteiger partial charge on any atom is 0.228 e. The quantitative estimate of drug-likeness (QED) is 0.650. The molecule has 0 bridgehead atoms. The summed E-state index contributed by atoms with van der Waals surface area (Å²) in [6.07, 6.45) is 0.0536. The fourth-order valence-electron chi connectivity index (χ4n) is 3.32. The minimum atomic E-state index is -0.728. The number of hydrogen-bond acceptors (Lipinski definition) is 3. The Morgan fingerprint density at radius 3 is 2.55 bits per heavy atom. The summed E-state index contributed by atoms with van der Waals surface area (Å²) in [5.74, 6) is -1.69. The van der Waals surface area contributed by atoms with Gasteiger partial charge in [0.25, 0.3) is 0 Å². The Labute approximate surface area is 179 Å². The van der Waals surface area contributed by atoms with Gasteiger partial charge in [-0.3, -0.25) is 9.59 Å². The highest BCUT2D eigenvalue weighted by molar-refractivity contribution is 5.92. The van der Waals surface area contributed by atoms with Gasteiger partial charge < -0.3 is 10.2 Å². The third kappa shape index (κ3) is 5.14. The van der Waals surface area contributed by atoms with Crippen molar-refractivity contribution in [3.05, 3.63) is 76.6 Å². The fraction of sp³-hybridized carbons (Fsp3) is 0.261. The van der Waals surface area contributed by atoms with Crippen molar-refractivity contribution in [3.63, 3.8) is 0 Å². The molecule has 3 aromatic rings. The van der Waals surface area contributed by atoms with Gasteiger partial charge in [0.2, 0.25) is 11.8 Å². The molecule has 0 saturated heterocycles. The molecule has 2 aromatic carbocycles. The first-order valence-corrected chi connectivity index (χ1v) is 9.76. The van der Waals surface area contributed by atoms with E-state index in [4.69, 9.17) is 0 Å². The second kappa shape index (κ2) is 9.07. The third-order valence-corrected chi connectivity index (χ3v) is 5.08. The molecular formula is C23H24F2N4O2. The molecule has 162 valence electrons. The van der Waals surface area contributed by atoms with Crippen molar-refractivity contribution in [2.45, 2.75) is 33.7 Å². The van der Waals surface area contributed by atoms with Crippen LogP contribution in [-0.4, -0.2) is 33.5 Å². The van der Waals surface area contributed by atoms with Crippen molar-refractivity contribution < 1.29 is 18.4 Å². The zero-order valence-electron chi connectivity index (χ0n) is 17.9. The predicted molar refractivity (Wildman–Crippen MR) is 114 cm³/mol. The molecule has 31 heavy (non-hydrogen) atoms. The molecule has 0 saturated carbocycles. The number of carbonyl (C=O) groups is 2. The minimum Gasteiger partial charge on any atom is -0.342 e. The number of nitrogens with one attached hydrogen (secondary N) is 1. The van der Waals surface area contributed by atoms with E-state index in [1.807, 2.05) is 18.2 Å². The predicted octanol–water partition coefficient (Wildman–Crippen LogP) is 3.93. The van der Waals surface area contributed by atoms with E-state index in [1.165, 1.54) is 17.7 Å². The van der Waals surface area contributed by atoms with E-state index in [0.717, 1.165) is 17.7 Å². The van der Waals surface area contributed by atoms with Crippen molar-refractivity contribution in [3.8, 4) is 5.69 Å². The van der Waals surface area contributed by atoms with E-state index in [2.05, 4.69) is 10.4 Å². The fourth-order valence-corrected chi connectivity index (χ4v) is 3.32. The van der Waals surface area contributed by atoms with E-state index in [1.54, 1.807) is 31.9 Å². The van der Waals surface area contributed by atoms with Crippen LogP contribution in [-0.2, 0) is 22.6 Å². The number of aryl methyl sites for hydroxylation is 1. The van der Waals surface area contributed by atoms with Gasteiger partial charge in [0.05, 0.1) is 12.1 Å². The van der Waals surface area contributed by atoms with Crippen LogP contribution < -0.4 is 5.32 Å². The molecule has 1 N–H and O–H groups in total. The molecule has 1 aromatic heterocycles. The lowest BCUT2D eigenvalue weighted by molar-refractivity contribution is -0.128. The number of nitrogens with zero attached hydrogens (tertiary/aromatic N) is 3. The summed E-state index contributed by atoms with van der Waals surface area (Å²) in [6, 6.07) is 10.6. The topological polar surface area (TPSA) is 67.2 Å². The highest BCUT2D eigenvalue weighted by atomic mass is 19.1. The molecule has 0 radical (unpaired) electrons. The smallest absolute Gasteiger partial charge is 0.228 e. The molecule has 2 amide bonds. The summed E-state index contributed by atoms with van der Waals surface area (Å²) in [5, 5.41) is 7.18. The Morgan fingerprint density at radius 1 is 1.13 bits per heavy atom. The van der Waals surface area contributed by atoms with Gasteiger partial charge in [0.1, 0.15) is 11.5 Å². The summed E-state index contributed by atoms with van der Waals surface area (Å²) in [4.78, 5) is 25.7. The summed E-state index contributed by atoms with van der Waals surface area (Å²) < 4.78 is 28.8. The molecule has 1 heterocycles. The average molecular weight is 426 g/mol. The Balaban J connectivity index is 1.76. The summed E-state index contributed by atoms with van der Waals surface area (Å²) in [7, 11) is 1.71. The molecule has 3 rings (SSSR count). The van der Waals surface area contributed by atoms with Gasteiger partial charge in [0, 0.05) is 43.5 Å². The number of halogens is 2. The maximum absolute atomic E-state index is 14.2. The molecule has 0 atom stereocenters. The van der Waals surface area contributed by atoms with Crippen molar-refractivity contribution in [1.82, 2.24) is 14.7 Å². The van der Waals surface area contributed by atoms with Crippen LogP contribution >= 0.6 is 0 Å².